The Morgan fingerprint density at radius 2 is 2.33 bits per heavy atom. The molecule has 2 N–H and O–H groups in total. The van der Waals surface area contributed by atoms with E-state index in [1.165, 1.54) is 0 Å². The third kappa shape index (κ3) is 2.91. The summed E-state index contributed by atoms with van der Waals surface area (Å²) < 4.78 is 0. The second-order valence-electron chi connectivity index (χ2n) is 4.04. The van der Waals surface area contributed by atoms with Crippen LogP contribution in [0.1, 0.15) is 24.1 Å². The highest BCUT2D eigenvalue weighted by Crippen LogP contribution is 2.03. The molecule has 1 aromatic heterocycles. The zero-order valence-electron chi connectivity index (χ0n) is 10.1. The lowest BCUT2D eigenvalue weighted by molar-refractivity contribution is -0.121. The van der Waals surface area contributed by atoms with Crippen LogP contribution in [0.5, 0.6) is 0 Å². The van der Waals surface area contributed by atoms with E-state index in [4.69, 9.17) is 0 Å². The van der Waals surface area contributed by atoms with Gasteiger partial charge in [-0.05, 0) is 18.6 Å². The van der Waals surface area contributed by atoms with Crippen LogP contribution < -0.4 is 10.7 Å². The smallest absolute Gasteiger partial charge is 0.267 e. The van der Waals surface area contributed by atoms with Crippen LogP contribution in [0, 0.1) is 6.92 Å². The van der Waals surface area contributed by atoms with Crippen molar-refractivity contribution in [2.45, 2.75) is 26.3 Å². The quantitative estimate of drug-likeness (QED) is 0.803. The molecular formula is C12H14N4O2. The molecule has 1 aromatic rings. The Hall–Kier alpha value is -2.24. The minimum Gasteiger partial charge on any atom is -0.345 e. The number of hydrogen-bond donors (Lipinski definition) is 2. The summed E-state index contributed by atoms with van der Waals surface area (Å²) in [6.07, 6.45) is 2.36. The number of aryl methyl sites for hydroxylation is 1. The van der Waals surface area contributed by atoms with Crippen molar-refractivity contribution in [2.24, 2.45) is 5.10 Å². The number of rotatable bonds is 3. The molecule has 0 aromatic carbocycles. The van der Waals surface area contributed by atoms with Gasteiger partial charge in [-0.25, -0.2) is 5.43 Å². The van der Waals surface area contributed by atoms with E-state index in [1.54, 1.807) is 6.20 Å². The van der Waals surface area contributed by atoms with Crippen molar-refractivity contribution in [1.29, 1.82) is 0 Å². The molecule has 0 aliphatic carbocycles. The fourth-order valence-corrected chi connectivity index (χ4v) is 1.61. The van der Waals surface area contributed by atoms with E-state index in [0.29, 0.717) is 25.1 Å². The van der Waals surface area contributed by atoms with Crippen LogP contribution in [0.4, 0.5) is 0 Å². The zero-order valence-corrected chi connectivity index (χ0v) is 10.1. The van der Waals surface area contributed by atoms with Gasteiger partial charge in [0.1, 0.15) is 5.71 Å². The van der Waals surface area contributed by atoms with E-state index in [9.17, 15) is 9.59 Å². The number of carbonyl (C=O) groups excluding carboxylic acids is 2. The minimum atomic E-state index is -0.264. The van der Waals surface area contributed by atoms with Gasteiger partial charge in [-0.3, -0.25) is 14.6 Å². The van der Waals surface area contributed by atoms with Crippen LogP contribution in [0.3, 0.4) is 0 Å². The summed E-state index contributed by atoms with van der Waals surface area (Å²) in [6.45, 7) is 2.30. The van der Waals surface area contributed by atoms with Crippen LogP contribution in [0.25, 0.3) is 0 Å². The van der Waals surface area contributed by atoms with Gasteiger partial charge in [0.25, 0.3) is 5.91 Å². The number of hydrogen-bond acceptors (Lipinski definition) is 4. The van der Waals surface area contributed by atoms with E-state index in [2.05, 4.69) is 20.8 Å². The van der Waals surface area contributed by atoms with Crippen molar-refractivity contribution < 1.29 is 9.59 Å². The lowest BCUT2D eigenvalue weighted by Crippen LogP contribution is -2.36. The molecule has 6 heteroatoms. The molecular weight excluding hydrogens is 232 g/mol. The van der Waals surface area contributed by atoms with Crippen molar-refractivity contribution >= 4 is 17.5 Å². The fourth-order valence-electron chi connectivity index (χ4n) is 1.61. The third-order valence-corrected chi connectivity index (χ3v) is 2.70. The minimum absolute atomic E-state index is 0.160. The maximum Gasteiger partial charge on any atom is 0.267 e. The van der Waals surface area contributed by atoms with Crippen LogP contribution in [-0.4, -0.2) is 22.5 Å². The Morgan fingerprint density at radius 1 is 1.50 bits per heavy atom. The molecule has 0 radical (unpaired) electrons. The van der Waals surface area contributed by atoms with Gasteiger partial charge in [0.2, 0.25) is 5.91 Å². The molecule has 0 atom stereocenters. The van der Waals surface area contributed by atoms with Gasteiger partial charge in [0.05, 0.1) is 12.2 Å². The molecule has 0 unspecified atom stereocenters. The van der Waals surface area contributed by atoms with Gasteiger partial charge in [0.15, 0.2) is 0 Å². The highest BCUT2D eigenvalue weighted by atomic mass is 16.2. The molecule has 2 amide bonds. The van der Waals surface area contributed by atoms with E-state index < -0.39 is 0 Å². The number of nitrogens with one attached hydrogen (secondary N) is 2. The Bertz CT molecular complexity index is 511. The largest absolute Gasteiger partial charge is 0.345 e. The van der Waals surface area contributed by atoms with E-state index in [-0.39, 0.29) is 11.8 Å². The first kappa shape index (κ1) is 12.2. The molecule has 94 valence electrons. The van der Waals surface area contributed by atoms with Gasteiger partial charge in [-0.15, -0.1) is 0 Å². The fraction of sp³-hybridized carbons (Fsp3) is 0.333. The Balaban J connectivity index is 1.93. The molecule has 0 fully saturated rings. The summed E-state index contributed by atoms with van der Waals surface area (Å²) in [7, 11) is 0. The second-order valence-corrected chi connectivity index (χ2v) is 4.04. The average Bonchev–Trinajstić information content (AvgIpc) is 2.38. The first-order valence-electron chi connectivity index (χ1n) is 5.71. The topological polar surface area (TPSA) is 83.4 Å². The lowest BCUT2D eigenvalue weighted by atomic mass is 10.1. The van der Waals surface area contributed by atoms with E-state index in [0.717, 1.165) is 11.3 Å². The predicted octanol–water partition coefficient (Wildman–Crippen LogP) is 0.272. The molecule has 0 saturated heterocycles. The monoisotopic (exact) mass is 246 g/mol. The van der Waals surface area contributed by atoms with E-state index in [1.807, 2.05) is 19.1 Å². The van der Waals surface area contributed by atoms with Crippen molar-refractivity contribution in [3.8, 4) is 0 Å². The first-order valence-corrected chi connectivity index (χ1v) is 5.71. The lowest BCUT2D eigenvalue weighted by Gasteiger charge is -2.12. The highest BCUT2D eigenvalue weighted by molar-refractivity contribution is 6.39. The molecule has 0 bridgehead atoms. The maximum absolute atomic E-state index is 11.8. The normalized spacial score (nSPS) is 14.7. The molecule has 6 nitrogen and oxygen atoms in total. The number of hydrazone groups is 1. The van der Waals surface area contributed by atoms with Crippen molar-refractivity contribution in [3.05, 3.63) is 29.6 Å². The van der Waals surface area contributed by atoms with Gasteiger partial charge < -0.3 is 5.32 Å². The summed E-state index contributed by atoms with van der Waals surface area (Å²) in [5.74, 6) is -0.424. The number of pyridine rings is 1. The third-order valence-electron chi connectivity index (χ3n) is 2.70. The van der Waals surface area contributed by atoms with Gasteiger partial charge in [-0.1, -0.05) is 6.07 Å². The molecule has 2 heterocycles. The SMILES string of the molecule is Cc1cccnc1CNC(=O)C1=NNC(=O)CC1. The molecule has 0 saturated carbocycles. The Labute approximate surface area is 104 Å². The van der Waals surface area contributed by atoms with Gasteiger partial charge in [0, 0.05) is 19.0 Å². The van der Waals surface area contributed by atoms with Crippen molar-refractivity contribution in [1.82, 2.24) is 15.7 Å². The predicted molar refractivity (Wildman–Crippen MR) is 65.6 cm³/mol. The highest BCUT2D eigenvalue weighted by Gasteiger charge is 2.17. The van der Waals surface area contributed by atoms with E-state index >= 15 is 0 Å². The standard InChI is InChI=1S/C12H14N4O2/c1-8-3-2-6-13-10(8)7-14-12(18)9-4-5-11(17)16-15-9/h2-3,6H,4-5,7H2,1H3,(H,14,18)(H,16,17). The maximum atomic E-state index is 11.8. The number of amides is 2. The van der Waals surface area contributed by atoms with Gasteiger partial charge >= 0.3 is 0 Å². The van der Waals surface area contributed by atoms with Crippen molar-refractivity contribution in [2.75, 3.05) is 0 Å². The van der Waals surface area contributed by atoms with Crippen LogP contribution in [0.2, 0.25) is 0 Å². The average molecular weight is 246 g/mol. The molecule has 1 aliphatic rings. The second kappa shape index (κ2) is 5.39. The van der Waals surface area contributed by atoms with Crippen LogP contribution in [0.15, 0.2) is 23.4 Å². The number of carbonyl (C=O) groups is 2. The number of aromatic nitrogens is 1. The van der Waals surface area contributed by atoms with Crippen molar-refractivity contribution in [3.63, 3.8) is 0 Å². The van der Waals surface area contributed by atoms with Crippen LogP contribution in [-0.2, 0) is 16.1 Å². The summed E-state index contributed by atoms with van der Waals surface area (Å²) in [5, 5.41) is 6.47. The molecule has 18 heavy (non-hydrogen) atoms. The Kier molecular flexibility index (Phi) is 3.66. The number of nitrogens with zero attached hydrogens (tertiary/aromatic N) is 2. The first-order chi connectivity index (χ1) is 8.66. The summed E-state index contributed by atoms with van der Waals surface area (Å²) in [6, 6.07) is 3.79. The summed E-state index contributed by atoms with van der Waals surface area (Å²) in [4.78, 5) is 26.8. The zero-order chi connectivity index (χ0) is 13.0. The van der Waals surface area contributed by atoms with Crippen LogP contribution >= 0.6 is 0 Å². The summed E-state index contributed by atoms with van der Waals surface area (Å²) in [5.41, 5.74) is 4.50. The molecule has 0 spiro atoms. The molecule has 2 rings (SSSR count). The Morgan fingerprint density at radius 3 is 3.00 bits per heavy atom. The van der Waals surface area contributed by atoms with Gasteiger partial charge in [-0.2, -0.15) is 5.10 Å². The molecule has 1 aliphatic heterocycles. The summed E-state index contributed by atoms with van der Waals surface area (Å²) >= 11 is 0.